The second-order valence-electron chi connectivity index (χ2n) is 2.51. The number of thiocarbonyl (C=S) groups is 1. The van der Waals surface area contributed by atoms with E-state index < -0.39 is 0 Å². The molecule has 0 aliphatic heterocycles. The molecule has 0 saturated heterocycles. The van der Waals surface area contributed by atoms with Crippen molar-refractivity contribution >= 4 is 39.9 Å². The standard InChI is InChI=1S/C10H8Cl2O2S/c1-2-6-13-9-7(11)4-3-5-8(9)14-10(12)15/h2-5H,1,6H2. The highest BCUT2D eigenvalue weighted by Crippen LogP contribution is 2.35. The van der Waals surface area contributed by atoms with E-state index in [1.165, 1.54) is 0 Å². The Balaban J connectivity index is 2.96. The van der Waals surface area contributed by atoms with Gasteiger partial charge in [-0.25, -0.2) is 0 Å². The SMILES string of the molecule is C=CCOc1c(Cl)cccc1OC(=S)Cl. The van der Waals surface area contributed by atoms with Gasteiger partial charge in [-0.1, -0.05) is 30.3 Å². The monoisotopic (exact) mass is 262 g/mol. The van der Waals surface area contributed by atoms with Crippen LogP contribution in [0.4, 0.5) is 0 Å². The lowest BCUT2D eigenvalue weighted by atomic mass is 10.3. The first kappa shape index (κ1) is 12.3. The molecule has 15 heavy (non-hydrogen) atoms. The van der Waals surface area contributed by atoms with Gasteiger partial charge in [0.25, 0.3) is 4.51 Å². The maximum absolute atomic E-state index is 5.92. The van der Waals surface area contributed by atoms with Crippen LogP contribution in [0.25, 0.3) is 0 Å². The lowest BCUT2D eigenvalue weighted by Crippen LogP contribution is -2.01. The Morgan fingerprint density at radius 2 is 2.27 bits per heavy atom. The van der Waals surface area contributed by atoms with Crippen LogP contribution in [-0.2, 0) is 0 Å². The molecule has 0 saturated carbocycles. The number of hydrogen-bond acceptors (Lipinski definition) is 3. The van der Waals surface area contributed by atoms with E-state index in [1.807, 2.05) is 0 Å². The van der Waals surface area contributed by atoms with E-state index in [-0.39, 0.29) is 4.51 Å². The van der Waals surface area contributed by atoms with Crippen molar-refractivity contribution in [3.8, 4) is 11.5 Å². The third-order valence-corrected chi connectivity index (χ3v) is 1.92. The summed E-state index contributed by atoms with van der Waals surface area (Å²) >= 11 is 16.0. The zero-order chi connectivity index (χ0) is 11.3. The molecule has 2 nitrogen and oxygen atoms in total. The minimum absolute atomic E-state index is 0.110. The molecule has 1 aromatic rings. The third-order valence-electron chi connectivity index (χ3n) is 1.47. The molecule has 0 spiro atoms. The first-order chi connectivity index (χ1) is 7.15. The molecule has 0 atom stereocenters. The summed E-state index contributed by atoms with van der Waals surface area (Å²) in [5.74, 6) is 0.798. The number of rotatable bonds is 4. The first-order valence-corrected chi connectivity index (χ1v) is 5.21. The van der Waals surface area contributed by atoms with Gasteiger partial charge >= 0.3 is 0 Å². The maximum Gasteiger partial charge on any atom is 0.261 e. The summed E-state index contributed by atoms with van der Waals surface area (Å²) in [7, 11) is 0. The second kappa shape index (κ2) is 5.95. The molecular formula is C10H8Cl2O2S. The number of benzene rings is 1. The minimum atomic E-state index is -0.110. The average Bonchev–Trinajstić information content (AvgIpc) is 2.16. The van der Waals surface area contributed by atoms with Crippen LogP contribution in [0.1, 0.15) is 0 Å². The summed E-state index contributed by atoms with van der Waals surface area (Å²) in [6.07, 6.45) is 1.60. The molecule has 0 aliphatic rings. The van der Waals surface area contributed by atoms with Crippen LogP contribution >= 0.6 is 35.4 Å². The smallest absolute Gasteiger partial charge is 0.261 e. The topological polar surface area (TPSA) is 18.5 Å². The van der Waals surface area contributed by atoms with Crippen LogP contribution in [0.3, 0.4) is 0 Å². The lowest BCUT2D eigenvalue weighted by Gasteiger charge is -2.10. The van der Waals surface area contributed by atoms with Crippen molar-refractivity contribution in [2.75, 3.05) is 6.61 Å². The van der Waals surface area contributed by atoms with Gasteiger partial charge in [-0.05, 0) is 36.0 Å². The highest BCUT2D eigenvalue weighted by atomic mass is 35.5. The van der Waals surface area contributed by atoms with Crippen LogP contribution in [0, 0.1) is 0 Å². The molecule has 1 rings (SSSR count). The van der Waals surface area contributed by atoms with Crippen LogP contribution in [0.2, 0.25) is 5.02 Å². The Labute approximate surface area is 103 Å². The lowest BCUT2D eigenvalue weighted by molar-refractivity contribution is 0.349. The molecule has 0 radical (unpaired) electrons. The molecule has 0 aliphatic carbocycles. The molecule has 0 unspecified atom stereocenters. The van der Waals surface area contributed by atoms with Gasteiger partial charge in [0.15, 0.2) is 11.5 Å². The van der Waals surface area contributed by atoms with Crippen LogP contribution in [-0.4, -0.2) is 11.1 Å². The molecule has 1 aromatic carbocycles. The fourth-order valence-electron chi connectivity index (χ4n) is 0.938. The molecule has 0 amide bonds. The van der Waals surface area contributed by atoms with Gasteiger partial charge in [0, 0.05) is 0 Å². The second-order valence-corrected chi connectivity index (χ2v) is 3.85. The van der Waals surface area contributed by atoms with E-state index in [9.17, 15) is 0 Å². The molecule has 0 fully saturated rings. The van der Waals surface area contributed by atoms with Gasteiger partial charge in [-0.15, -0.1) is 0 Å². The molecule has 0 aromatic heterocycles. The van der Waals surface area contributed by atoms with Crippen molar-refractivity contribution < 1.29 is 9.47 Å². The highest BCUT2D eigenvalue weighted by Gasteiger charge is 2.10. The van der Waals surface area contributed by atoms with E-state index in [4.69, 9.17) is 32.7 Å². The molecular weight excluding hydrogens is 255 g/mol. The Morgan fingerprint density at radius 1 is 1.53 bits per heavy atom. The van der Waals surface area contributed by atoms with Crippen molar-refractivity contribution in [1.82, 2.24) is 0 Å². The minimum Gasteiger partial charge on any atom is -0.484 e. The quantitative estimate of drug-likeness (QED) is 0.467. The van der Waals surface area contributed by atoms with E-state index in [0.29, 0.717) is 23.1 Å². The van der Waals surface area contributed by atoms with E-state index in [1.54, 1.807) is 24.3 Å². The zero-order valence-electron chi connectivity index (χ0n) is 7.70. The van der Waals surface area contributed by atoms with Gasteiger partial charge in [0.1, 0.15) is 6.61 Å². The molecule has 0 bridgehead atoms. The third kappa shape index (κ3) is 3.70. The van der Waals surface area contributed by atoms with Gasteiger partial charge in [0.05, 0.1) is 5.02 Å². The van der Waals surface area contributed by atoms with Crippen molar-refractivity contribution in [1.29, 1.82) is 0 Å². The van der Waals surface area contributed by atoms with Crippen LogP contribution in [0.5, 0.6) is 11.5 Å². The Bertz CT molecular complexity index is 380. The summed E-state index contributed by atoms with van der Waals surface area (Å²) in [5.41, 5.74) is 0. The Hall–Kier alpha value is -0.770. The molecule has 0 N–H and O–H groups in total. The maximum atomic E-state index is 5.92. The van der Waals surface area contributed by atoms with Gasteiger partial charge in [-0.3, -0.25) is 0 Å². The predicted octanol–water partition coefficient (Wildman–Crippen LogP) is 3.81. The van der Waals surface area contributed by atoms with E-state index in [2.05, 4.69) is 18.8 Å². The fraction of sp³-hybridized carbons (Fsp3) is 0.100. The number of halogens is 2. The summed E-state index contributed by atoms with van der Waals surface area (Å²) in [6, 6.07) is 5.07. The summed E-state index contributed by atoms with van der Waals surface area (Å²) in [4.78, 5) is 0. The molecule has 5 heteroatoms. The van der Waals surface area contributed by atoms with Crippen molar-refractivity contribution in [2.45, 2.75) is 0 Å². The van der Waals surface area contributed by atoms with Crippen LogP contribution < -0.4 is 9.47 Å². The largest absolute Gasteiger partial charge is 0.484 e. The fourth-order valence-corrected chi connectivity index (χ4v) is 1.33. The predicted molar refractivity (Wildman–Crippen MR) is 66.2 cm³/mol. The summed E-state index contributed by atoms with van der Waals surface area (Å²) in [6.45, 7) is 3.86. The summed E-state index contributed by atoms with van der Waals surface area (Å²) < 4.78 is 10.3. The van der Waals surface area contributed by atoms with Crippen molar-refractivity contribution in [3.63, 3.8) is 0 Å². The number of hydrogen-bond donors (Lipinski definition) is 0. The van der Waals surface area contributed by atoms with Crippen LogP contribution in [0.15, 0.2) is 30.9 Å². The Kier molecular flexibility index (Phi) is 4.88. The van der Waals surface area contributed by atoms with E-state index in [0.717, 1.165) is 0 Å². The number of ether oxygens (including phenoxy) is 2. The normalized spacial score (nSPS) is 9.47. The molecule has 0 heterocycles. The Morgan fingerprint density at radius 3 is 2.87 bits per heavy atom. The van der Waals surface area contributed by atoms with Gasteiger partial charge < -0.3 is 9.47 Å². The van der Waals surface area contributed by atoms with Gasteiger partial charge in [0.2, 0.25) is 0 Å². The van der Waals surface area contributed by atoms with E-state index >= 15 is 0 Å². The molecule has 80 valence electrons. The van der Waals surface area contributed by atoms with Crippen molar-refractivity contribution in [3.05, 3.63) is 35.9 Å². The first-order valence-electron chi connectivity index (χ1n) is 4.04. The number of para-hydroxylation sites is 1. The average molecular weight is 263 g/mol. The highest BCUT2D eigenvalue weighted by molar-refractivity contribution is 7.82. The zero-order valence-corrected chi connectivity index (χ0v) is 10.0. The van der Waals surface area contributed by atoms with Gasteiger partial charge in [-0.2, -0.15) is 0 Å². The van der Waals surface area contributed by atoms with Crippen molar-refractivity contribution in [2.24, 2.45) is 0 Å². The summed E-state index contributed by atoms with van der Waals surface area (Å²) in [5, 5.41) is 0.433.